The number of benzene rings is 2. The Bertz CT molecular complexity index is 1200. The van der Waals surface area contributed by atoms with E-state index < -0.39 is 35.3 Å². The Balaban J connectivity index is 1.57. The summed E-state index contributed by atoms with van der Waals surface area (Å²) in [5.74, 6) is -0.647. The van der Waals surface area contributed by atoms with Crippen LogP contribution in [0.3, 0.4) is 0 Å². The van der Waals surface area contributed by atoms with Gasteiger partial charge in [-0.3, -0.25) is 9.59 Å². The lowest BCUT2D eigenvalue weighted by Crippen LogP contribution is -2.32. The molecule has 11 heteroatoms. The summed E-state index contributed by atoms with van der Waals surface area (Å²) in [6, 6.07) is 13.5. The van der Waals surface area contributed by atoms with Crippen LogP contribution in [-0.2, 0) is 11.0 Å². The molecule has 0 aliphatic rings. The third-order valence-corrected chi connectivity index (χ3v) is 4.68. The monoisotopic (exact) mass is 485 g/mol. The maximum Gasteiger partial charge on any atom is 0.418 e. The second-order valence-electron chi connectivity index (χ2n) is 7.48. The first-order valence-corrected chi connectivity index (χ1v) is 10.5. The summed E-state index contributed by atoms with van der Waals surface area (Å²) in [5, 5.41) is 9.42. The minimum absolute atomic E-state index is 0.0847. The Morgan fingerprint density at radius 2 is 1.66 bits per heavy atom. The van der Waals surface area contributed by atoms with E-state index in [1.807, 2.05) is 6.92 Å². The van der Waals surface area contributed by atoms with E-state index in [0.717, 1.165) is 17.7 Å². The predicted molar refractivity (Wildman–Crippen MR) is 125 cm³/mol. The van der Waals surface area contributed by atoms with Crippen molar-refractivity contribution >= 4 is 35.0 Å². The molecule has 0 aliphatic carbocycles. The van der Waals surface area contributed by atoms with Gasteiger partial charge < -0.3 is 21.3 Å². The number of nitrogens with zero attached hydrogens (tertiary/aromatic N) is 1. The highest BCUT2D eigenvalue weighted by molar-refractivity contribution is 6.04. The Hall–Kier alpha value is -4.41. The molecule has 0 atom stereocenters. The van der Waals surface area contributed by atoms with Crippen LogP contribution in [0.1, 0.15) is 27.9 Å². The fourth-order valence-electron chi connectivity index (χ4n) is 2.96. The number of aromatic nitrogens is 1. The summed E-state index contributed by atoms with van der Waals surface area (Å²) in [4.78, 5) is 40.3. The van der Waals surface area contributed by atoms with Crippen molar-refractivity contribution in [2.24, 2.45) is 0 Å². The molecule has 0 fully saturated rings. The number of anilines is 3. The van der Waals surface area contributed by atoms with Crippen molar-refractivity contribution in [1.29, 1.82) is 0 Å². The number of nitrogens with one attached hydrogen (secondary N) is 4. The number of aryl methyl sites for hydroxylation is 1. The van der Waals surface area contributed by atoms with Gasteiger partial charge in [0.05, 0.1) is 11.3 Å². The van der Waals surface area contributed by atoms with Crippen LogP contribution in [0.4, 0.5) is 35.2 Å². The fraction of sp³-hybridized carbons (Fsp3) is 0.167. The maximum absolute atomic E-state index is 13.6. The lowest BCUT2D eigenvalue weighted by molar-refractivity contribution is -0.136. The summed E-state index contributed by atoms with van der Waals surface area (Å²) >= 11 is 0. The molecule has 0 saturated heterocycles. The summed E-state index contributed by atoms with van der Waals surface area (Å²) in [5.41, 5.74) is -0.516. The summed E-state index contributed by atoms with van der Waals surface area (Å²) in [7, 11) is 0. The van der Waals surface area contributed by atoms with E-state index in [4.69, 9.17) is 0 Å². The third-order valence-electron chi connectivity index (χ3n) is 4.68. The maximum atomic E-state index is 13.6. The van der Waals surface area contributed by atoms with Gasteiger partial charge in [-0.25, -0.2) is 9.78 Å². The number of carbonyl (C=O) groups is 3. The molecule has 4 N–H and O–H groups in total. The molecule has 0 unspecified atom stereocenters. The largest absolute Gasteiger partial charge is 0.418 e. The molecule has 3 aromatic rings. The van der Waals surface area contributed by atoms with Gasteiger partial charge in [-0.05, 0) is 48.9 Å². The van der Waals surface area contributed by atoms with Crippen LogP contribution >= 0.6 is 0 Å². The quantitative estimate of drug-likeness (QED) is 0.385. The molecule has 35 heavy (non-hydrogen) atoms. The van der Waals surface area contributed by atoms with Crippen LogP contribution in [0.5, 0.6) is 0 Å². The fourth-order valence-corrected chi connectivity index (χ4v) is 2.96. The number of hydrogen-bond donors (Lipinski definition) is 4. The Labute approximate surface area is 199 Å². The van der Waals surface area contributed by atoms with Crippen LogP contribution < -0.4 is 21.3 Å². The predicted octanol–water partition coefficient (Wildman–Crippen LogP) is 4.81. The highest BCUT2D eigenvalue weighted by Crippen LogP contribution is 2.36. The molecule has 2 aromatic carbocycles. The van der Waals surface area contributed by atoms with Gasteiger partial charge in [0, 0.05) is 30.4 Å². The molecule has 1 aromatic heterocycles. The van der Waals surface area contributed by atoms with Gasteiger partial charge in [0.2, 0.25) is 5.91 Å². The molecule has 0 radical (unpaired) electrons. The van der Waals surface area contributed by atoms with E-state index in [1.54, 1.807) is 36.5 Å². The molecule has 1 heterocycles. The van der Waals surface area contributed by atoms with E-state index in [0.29, 0.717) is 5.82 Å². The normalized spacial score (nSPS) is 10.9. The molecule has 0 aliphatic heterocycles. The van der Waals surface area contributed by atoms with E-state index in [2.05, 4.69) is 26.3 Å². The minimum atomic E-state index is -4.79. The van der Waals surface area contributed by atoms with Crippen molar-refractivity contribution in [1.82, 2.24) is 10.3 Å². The van der Waals surface area contributed by atoms with Crippen LogP contribution in [0, 0.1) is 6.92 Å². The molecule has 182 valence electrons. The summed E-state index contributed by atoms with van der Waals surface area (Å²) in [6.45, 7) is 1.73. The van der Waals surface area contributed by atoms with E-state index in [1.165, 1.54) is 18.2 Å². The number of urea groups is 1. The van der Waals surface area contributed by atoms with Crippen molar-refractivity contribution in [2.45, 2.75) is 19.5 Å². The van der Waals surface area contributed by atoms with Crippen molar-refractivity contribution in [3.8, 4) is 0 Å². The number of hydrogen-bond acceptors (Lipinski definition) is 4. The zero-order chi connectivity index (χ0) is 25.4. The zero-order valence-corrected chi connectivity index (χ0v) is 18.6. The summed E-state index contributed by atoms with van der Waals surface area (Å²) < 4.78 is 40.8. The Morgan fingerprint density at radius 1 is 0.914 bits per heavy atom. The molecule has 8 nitrogen and oxygen atoms in total. The average Bonchev–Trinajstić information content (AvgIpc) is 2.81. The minimum Gasteiger partial charge on any atom is -0.337 e. The number of rotatable bonds is 7. The van der Waals surface area contributed by atoms with Gasteiger partial charge in [-0.2, -0.15) is 13.2 Å². The van der Waals surface area contributed by atoms with Gasteiger partial charge in [-0.1, -0.05) is 24.3 Å². The molecule has 3 rings (SSSR count). The molecule has 4 amide bonds. The van der Waals surface area contributed by atoms with Crippen molar-refractivity contribution in [3.05, 3.63) is 83.6 Å². The number of amides is 4. The second-order valence-corrected chi connectivity index (χ2v) is 7.48. The second kappa shape index (κ2) is 11.1. The van der Waals surface area contributed by atoms with Crippen LogP contribution in [0.25, 0.3) is 0 Å². The van der Waals surface area contributed by atoms with Crippen molar-refractivity contribution in [3.63, 3.8) is 0 Å². The molecule has 0 saturated carbocycles. The third kappa shape index (κ3) is 7.56. The summed E-state index contributed by atoms with van der Waals surface area (Å²) in [6.07, 6.45) is -3.32. The Kier molecular flexibility index (Phi) is 8.03. The highest BCUT2D eigenvalue weighted by atomic mass is 19.4. The van der Waals surface area contributed by atoms with Gasteiger partial charge in [-0.15, -0.1) is 0 Å². The lowest BCUT2D eigenvalue weighted by Gasteiger charge is -2.16. The lowest BCUT2D eigenvalue weighted by atomic mass is 10.1. The van der Waals surface area contributed by atoms with E-state index >= 15 is 0 Å². The first-order valence-electron chi connectivity index (χ1n) is 10.5. The van der Waals surface area contributed by atoms with E-state index in [-0.39, 0.29) is 24.2 Å². The van der Waals surface area contributed by atoms with Gasteiger partial charge in [0.1, 0.15) is 5.82 Å². The van der Waals surface area contributed by atoms with Gasteiger partial charge >= 0.3 is 12.2 Å². The van der Waals surface area contributed by atoms with E-state index in [9.17, 15) is 27.6 Å². The van der Waals surface area contributed by atoms with Crippen LogP contribution in [0.2, 0.25) is 0 Å². The Morgan fingerprint density at radius 3 is 2.31 bits per heavy atom. The number of pyridine rings is 1. The van der Waals surface area contributed by atoms with Crippen molar-refractivity contribution in [2.75, 3.05) is 22.5 Å². The van der Waals surface area contributed by atoms with Crippen LogP contribution in [0.15, 0.2) is 66.9 Å². The molecular formula is C24H22F3N5O3. The smallest absolute Gasteiger partial charge is 0.337 e. The molecule has 0 bridgehead atoms. The SMILES string of the molecule is Cc1ccc(NC(=O)CCNC(=O)Nc2ccc(NC(=O)c3ccccc3)cc2C(F)(F)F)nc1. The van der Waals surface area contributed by atoms with Gasteiger partial charge in [0.25, 0.3) is 5.91 Å². The molecular weight excluding hydrogens is 463 g/mol. The average molecular weight is 485 g/mol. The first-order chi connectivity index (χ1) is 16.6. The van der Waals surface area contributed by atoms with Crippen LogP contribution in [-0.4, -0.2) is 29.4 Å². The highest BCUT2D eigenvalue weighted by Gasteiger charge is 2.34. The molecule has 0 spiro atoms. The topological polar surface area (TPSA) is 112 Å². The number of carbonyl (C=O) groups excluding carboxylic acids is 3. The standard InChI is InChI=1S/C24H22F3N5O3/c1-15-7-10-20(29-14-15)32-21(33)11-12-28-23(35)31-19-9-8-17(13-18(19)24(25,26)27)30-22(34)16-5-3-2-4-6-16/h2-10,13-14H,11-12H2,1H3,(H,30,34)(H2,28,31,35)(H,29,32,33). The number of alkyl halides is 3. The zero-order valence-electron chi connectivity index (χ0n) is 18.6. The van der Waals surface area contributed by atoms with Gasteiger partial charge in [0.15, 0.2) is 0 Å². The first kappa shape index (κ1) is 25.2. The number of halogens is 3. The van der Waals surface area contributed by atoms with Crippen molar-refractivity contribution < 1.29 is 27.6 Å².